The summed E-state index contributed by atoms with van der Waals surface area (Å²) in [6.45, 7) is 0. The van der Waals surface area contributed by atoms with Crippen molar-refractivity contribution in [3.05, 3.63) is 102 Å². The molecule has 3 nitrogen and oxygen atoms in total. The SMILES string of the molecule is O=S(=O)(c1ccccc1)C(c1ccccc1)c1cc2ccccc2o1. The summed E-state index contributed by atoms with van der Waals surface area (Å²) in [7, 11) is -3.65. The van der Waals surface area contributed by atoms with Crippen LogP contribution in [-0.4, -0.2) is 8.42 Å². The standard InChI is InChI=1S/C21H16O3S/c22-25(23,18-12-5-2-6-13-18)21(16-9-3-1-4-10-16)20-15-17-11-7-8-14-19(17)24-20/h1-15,21H. The molecule has 25 heavy (non-hydrogen) atoms. The first-order valence-corrected chi connectivity index (χ1v) is 9.53. The predicted octanol–water partition coefficient (Wildman–Crippen LogP) is 5.00. The Kier molecular flexibility index (Phi) is 3.90. The Morgan fingerprint density at radius 1 is 0.720 bits per heavy atom. The lowest BCUT2D eigenvalue weighted by molar-refractivity contribution is 0.536. The van der Waals surface area contributed by atoms with E-state index in [0.717, 1.165) is 5.39 Å². The van der Waals surface area contributed by atoms with Crippen molar-refractivity contribution in [2.24, 2.45) is 0 Å². The number of fused-ring (bicyclic) bond motifs is 1. The van der Waals surface area contributed by atoms with Crippen LogP contribution in [0.1, 0.15) is 16.6 Å². The van der Waals surface area contributed by atoms with Crippen LogP contribution in [0.2, 0.25) is 0 Å². The van der Waals surface area contributed by atoms with E-state index in [0.29, 0.717) is 16.9 Å². The molecule has 1 aromatic heterocycles. The second-order valence-electron chi connectivity index (χ2n) is 5.84. The minimum atomic E-state index is -3.65. The molecule has 4 aromatic rings. The van der Waals surface area contributed by atoms with Gasteiger partial charge in [-0.2, -0.15) is 0 Å². The van der Waals surface area contributed by atoms with Gasteiger partial charge in [-0.05, 0) is 29.8 Å². The zero-order chi connectivity index (χ0) is 17.3. The highest BCUT2D eigenvalue weighted by molar-refractivity contribution is 7.91. The third kappa shape index (κ3) is 2.85. The zero-order valence-electron chi connectivity index (χ0n) is 13.4. The van der Waals surface area contributed by atoms with Gasteiger partial charge in [-0.1, -0.05) is 66.7 Å². The maximum absolute atomic E-state index is 13.4. The van der Waals surface area contributed by atoms with Crippen molar-refractivity contribution in [3.8, 4) is 0 Å². The number of rotatable bonds is 4. The number of hydrogen-bond acceptors (Lipinski definition) is 3. The fourth-order valence-electron chi connectivity index (χ4n) is 3.00. The van der Waals surface area contributed by atoms with Gasteiger partial charge in [-0.15, -0.1) is 0 Å². The lowest BCUT2D eigenvalue weighted by atomic mass is 10.1. The molecule has 1 unspecified atom stereocenters. The first-order chi connectivity index (χ1) is 12.2. The molecule has 4 heteroatoms. The molecular formula is C21H16O3S. The summed E-state index contributed by atoms with van der Waals surface area (Å²) in [6, 6.07) is 27.0. The van der Waals surface area contributed by atoms with Crippen molar-refractivity contribution >= 4 is 20.8 Å². The molecule has 0 bridgehead atoms. The highest BCUT2D eigenvalue weighted by Gasteiger charge is 2.33. The second-order valence-corrected chi connectivity index (χ2v) is 7.87. The molecule has 0 saturated heterocycles. The van der Waals surface area contributed by atoms with E-state index in [-0.39, 0.29) is 4.90 Å². The average Bonchev–Trinajstić information content (AvgIpc) is 3.06. The van der Waals surface area contributed by atoms with Crippen molar-refractivity contribution in [3.63, 3.8) is 0 Å². The third-order valence-electron chi connectivity index (χ3n) is 4.19. The lowest BCUT2D eigenvalue weighted by Gasteiger charge is -2.16. The molecule has 0 amide bonds. The van der Waals surface area contributed by atoms with E-state index >= 15 is 0 Å². The van der Waals surface area contributed by atoms with Gasteiger partial charge in [0.2, 0.25) is 0 Å². The van der Waals surface area contributed by atoms with E-state index in [9.17, 15) is 8.42 Å². The van der Waals surface area contributed by atoms with Crippen LogP contribution in [0.4, 0.5) is 0 Å². The summed E-state index contributed by atoms with van der Waals surface area (Å²) in [5.74, 6) is 0.427. The average molecular weight is 348 g/mol. The molecule has 0 aliphatic heterocycles. The van der Waals surface area contributed by atoms with Crippen molar-refractivity contribution in [2.45, 2.75) is 10.1 Å². The van der Waals surface area contributed by atoms with Gasteiger partial charge in [0.25, 0.3) is 0 Å². The van der Waals surface area contributed by atoms with Crippen LogP contribution in [0.25, 0.3) is 11.0 Å². The first-order valence-electron chi connectivity index (χ1n) is 7.98. The normalized spacial score (nSPS) is 13.0. The minimum Gasteiger partial charge on any atom is -0.459 e. The van der Waals surface area contributed by atoms with Crippen molar-refractivity contribution in [2.75, 3.05) is 0 Å². The van der Waals surface area contributed by atoms with Gasteiger partial charge >= 0.3 is 0 Å². The fourth-order valence-corrected chi connectivity index (χ4v) is 4.75. The summed E-state index contributed by atoms with van der Waals surface area (Å²) in [4.78, 5) is 0.282. The summed E-state index contributed by atoms with van der Waals surface area (Å²) >= 11 is 0. The molecule has 0 aliphatic carbocycles. The second kappa shape index (κ2) is 6.22. The summed E-state index contributed by atoms with van der Waals surface area (Å²) in [5, 5.41) is 0.00481. The molecule has 1 heterocycles. The van der Waals surface area contributed by atoms with Crippen LogP contribution in [0, 0.1) is 0 Å². The summed E-state index contributed by atoms with van der Waals surface area (Å²) in [6.07, 6.45) is 0. The first kappa shape index (κ1) is 15.7. The maximum atomic E-state index is 13.4. The highest BCUT2D eigenvalue weighted by Crippen LogP contribution is 2.37. The number of sulfone groups is 1. The Bertz CT molecular complexity index is 1060. The molecule has 0 saturated carbocycles. The Morgan fingerprint density at radius 2 is 1.32 bits per heavy atom. The van der Waals surface area contributed by atoms with Crippen LogP contribution in [0.3, 0.4) is 0 Å². The molecule has 0 aliphatic rings. The quantitative estimate of drug-likeness (QED) is 0.521. The van der Waals surface area contributed by atoms with Crippen molar-refractivity contribution in [1.29, 1.82) is 0 Å². The van der Waals surface area contributed by atoms with Crippen LogP contribution in [-0.2, 0) is 9.84 Å². The minimum absolute atomic E-state index is 0.282. The molecule has 3 aromatic carbocycles. The van der Waals surface area contributed by atoms with Crippen molar-refractivity contribution < 1.29 is 12.8 Å². The highest BCUT2D eigenvalue weighted by atomic mass is 32.2. The van der Waals surface area contributed by atoms with Crippen molar-refractivity contribution in [1.82, 2.24) is 0 Å². The number of benzene rings is 3. The molecule has 0 radical (unpaired) electrons. The smallest absolute Gasteiger partial charge is 0.192 e. The Balaban J connectivity index is 1.94. The van der Waals surface area contributed by atoms with Crippen LogP contribution >= 0.6 is 0 Å². The molecule has 1 atom stereocenters. The maximum Gasteiger partial charge on any atom is 0.192 e. The number of hydrogen-bond donors (Lipinski definition) is 0. The Morgan fingerprint density at radius 3 is 2.00 bits per heavy atom. The number of furan rings is 1. The molecule has 0 N–H and O–H groups in total. The topological polar surface area (TPSA) is 47.3 Å². The van der Waals surface area contributed by atoms with Crippen LogP contribution < -0.4 is 0 Å². The molecule has 0 fully saturated rings. The Hall–Kier alpha value is -2.85. The largest absolute Gasteiger partial charge is 0.459 e. The van der Waals surface area contributed by atoms with E-state index in [1.165, 1.54) is 0 Å². The lowest BCUT2D eigenvalue weighted by Crippen LogP contribution is -2.14. The third-order valence-corrected chi connectivity index (χ3v) is 6.24. The predicted molar refractivity (Wildman–Crippen MR) is 98.1 cm³/mol. The monoisotopic (exact) mass is 348 g/mol. The fraction of sp³-hybridized carbons (Fsp3) is 0.0476. The van der Waals surface area contributed by atoms with E-state index in [1.54, 1.807) is 30.3 Å². The van der Waals surface area contributed by atoms with Gasteiger partial charge in [-0.25, -0.2) is 8.42 Å². The van der Waals surface area contributed by atoms with Crippen LogP contribution in [0.5, 0.6) is 0 Å². The summed E-state index contributed by atoms with van der Waals surface area (Å²) < 4.78 is 32.6. The van der Waals surface area contributed by atoms with Gasteiger partial charge in [-0.3, -0.25) is 0 Å². The number of para-hydroxylation sites is 1. The van der Waals surface area contributed by atoms with Crippen LogP contribution in [0.15, 0.2) is 100 Å². The van der Waals surface area contributed by atoms with Gasteiger partial charge in [0.1, 0.15) is 16.6 Å². The van der Waals surface area contributed by atoms with E-state index in [1.807, 2.05) is 60.7 Å². The van der Waals surface area contributed by atoms with E-state index in [4.69, 9.17) is 4.42 Å². The van der Waals surface area contributed by atoms with E-state index < -0.39 is 15.1 Å². The Labute approximate surface area is 146 Å². The molecule has 0 spiro atoms. The van der Waals surface area contributed by atoms with Gasteiger partial charge in [0.15, 0.2) is 9.84 Å². The zero-order valence-corrected chi connectivity index (χ0v) is 14.2. The van der Waals surface area contributed by atoms with E-state index in [2.05, 4.69) is 0 Å². The van der Waals surface area contributed by atoms with Gasteiger partial charge < -0.3 is 4.42 Å². The van der Waals surface area contributed by atoms with Gasteiger partial charge in [0.05, 0.1) is 4.90 Å². The molecule has 4 rings (SSSR count). The van der Waals surface area contributed by atoms with Gasteiger partial charge in [0, 0.05) is 5.39 Å². The summed E-state index contributed by atoms with van der Waals surface area (Å²) in [5.41, 5.74) is 1.37. The molecule has 124 valence electrons. The molecular weight excluding hydrogens is 332 g/mol.